The van der Waals surface area contributed by atoms with Gasteiger partial charge >= 0.3 is 0 Å². The van der Waals surface area contributed by atoms with Crippen LogP contribution in [0.25, 0.3) is 0 Å². The Morgan fingerprint density at radius 3 is 2.73 bits per heavy atom. The van der Waals surface area contributed by atoms with Gasteiger partial charge in [0.15, 0.2) is 11.5 Å². The van der Waals surface area contributed by atoms with E-state index in [-0.39, 0.29) is 25.0 Å². The van der Waals surface area contributed by atoms with Gasteiger partial charge in [-0.1, -0.05) is 30.3 Å². The first kappa shape index (κ1) is 16.4. The third kappa shape index (κ3) is 3.22. The van der Waals surface area contributed by atoms with E-state index in [0.717, 1.165) is 18.5 Å². The molecular weight excluding hydrogens is 332 g/mol. The minimum atomic E-state index is -0.758. The van der Waals surface area contributed by atoms with Crippen LogP contribution < -0.4 is 19.7 Å². The Bertz CT molecular complexity index is 836. The van der Waals surface area contributed by atoms with Crippen molar-refractivity contribution < 1.29 is 19.1 Å². The highest BCUT2D eigenvalue weighted by atomic mass is 16.6. The van der Waals surface area contributed by atoms with E-state index in [9.17, 15) is 9.59 Å². The van der Waals surface area contributed by atoms with Gasteiger partial charge in [0.25, 0.3) is 5.91 Å². The Labute approximate surface area is 151 Å². The monoisotopic (exact) mass is 352 g/mol. The lowest BCUT2D eigenvalue weighted by atomic mass is 10.0. The number of benzene rings is 2. The number of amides is 2. The average Bonchev–Trinajstić information content (AvgIpc) is 2.71. The first-order chi connectivity index (χ1) is 12.7. The lowest BCUT2D eigenvalue weighted by molar-refractivity contribution is -0.132. The maximum absolute atomic E-state index is 12.6. The summed E-state index contributed by atoms with van der Waals surface area (Å²) in [5.74, 6) is 0.688. The standard InChI is InChI=1S/C20H20N2O4/c23-19(22-11-5-7-14-6-1-2-8-15(14)22)12-21-20(24)18-13-25-16-9-3-4-10-17(16)26-18/h1-4,6,8-10,18H,5,7,11-13H2,(H,21,24). The molecule has 1 unspecified atom stereocenters. The maximum atomic E-state index is 12.6. The van der Waals surface area contributed by atoms with Crippen molar-refractivity contribution in [1.82, 2.24) is 5.32 Å². The van der Waals surface area contributed by atoms with Crippen molar-refractivity contribution in [2.24, 2.45) is 0 Å². The van der Waals surface area contributed by atoms with Crippen LogP contribution in [0.5, 0.6) is 11.5 Å². The minimum absolute atomic E-state index is 0.0608. The molecule has 2 heterocycles. The molecule has 6 nitrogen and oxygen atoms in total. The van der Waals surface area contributed by atoms with E-state index in [2.05, 4.69) is 5.32 Å². The van der Waals surface area contributed by atoms with Gasteiger partial charge in [-0.25, -0.2) is 0 Å². The molecule has 6 heteroatoms. The topological polar surface area (TPSA) is 67.9 Å². The second kappa shape index (κ2) is 7.07. The molecule has 0 spiro atoms. The number of rotatable bonds is 3. The van der Waals surface area contributed by atoms with E-state index in [0.29, 0.717) is 18.0 Å². The summed E-state index contributed by atoms with van der Waals surface area (Å²) in [6.45, 7) is 0.736. The number of ether oxygens (including phenoxy) is 2. The van der Waals surface area contributed by atoms with Crippen LogP contribution >= 0.6 is 0 Å². The van der Waals surface area contributed by atoms with E-state index in [1.165, 1.54) is 5.56 Å². The van der Waals surface area contributed by atoms with Crippen molar-refractivity contribution >= 4 is 17.5 Å². The van der Waals surface area contributed by atoms with Crippen molar-refractivity contribution in [1.29, 1.82) is 0 Å². The molecule has 2 aliphatic rings. The summed E-state index contributed by atoms with van der Waals surface area (Å²) in [4.78, 5) is 26.7. The van der Waals surface area contributed by atoms with Gasteiger partial charge in [0.1, 0.15) is 6.61 Å². The lowest BCUT2D eigenvalue weighted by Gasteiger charge is -2.30. The molecule has 1 N–H and O–H groups in total. The van der Waals surface area contributed by atoms with E-state index in [1.807, 2.05) is 36.4 Å². The maximum Gasteiger partial charge on any atom is 0.265 e. The smallest absolute Gasteiger partial charge is 0.265 e. The average molecular weight is 352 g/mol. The van der Waals surface area contributed by atoms with Crippen LogP contribution in [0.15, 0.2) is 48.5 Å². The van der Waals surface area contributed by atoms with E-state index >= 15 is 0 Å². The number of aryl methyl sites for hydroxylation is 1. The molecule has 26 heavy (non-hydrogen) atoms. The highest BCUT2D eigenvalue weighted by molar-refractivity contribution is 5.98. The van der Waals surface area contributed by atoms with Crippen LogP contribution in [0.2, 0.25) is 0 Å². The summed E-state index contributed by atoms with van der Waals surface area (Å²) in [6.07, 6.45) is 1.14. The van der Waals surface area contributed by atoms with Crippen LogP contribution in [0.3, 0.4) is 0 Å². The third-order valence-corrected chi connectivity index (χ3v) is 4.63. The first-order valence-corrected chi connectivity index (χ1v) is 8.77. The number of fused-ring (bicyclic) bond motifs is 2. The van der Waals surface area contributed by atoms with Crippen molar-refractivity contribution in [3.05, 3.63) is 54.1 Å². The Morgan fingerprint density at radius 2 is 1.85 bits per heavy atom. The molecule has 0 bridgehead atoms. The molecule has 0 saturated heterocycles. The Hall–Kier alpha value is -3.02. The third-order valence-electron chi connectivity index (χ3n) is 4.63. The molecule has 2 aromatic rings. The zero-order valence-electron chi connectivity index (χ0n) is 14.3. The minimum Gasteiger partial charge on any atom is -0.485 e. The molecule has 0 radical (unpaired) electrons. The number of hydrogen-bond donors (Lipinski definition) is 1. The van der Waals surface area contributed by atoms with Crippen LogP contribution in [-0.2, 0) is 16.0 Å². The molecular formula is C20H20N2O4. The SMILES string of the molecule is O=C(NCC(=O)N1CCCc2ccccc21)C1COc2ccccc2O1. The highest BCUT2D eigenvalue weighted by Gasteiger charge is 2.28. The quantitative estimate of drug-likeness (QED) is 0.916. The van der Waals surface area contributed by atoms with Gasteiger partial charge in [-0.15, -0.1) is 0 Å². The van der Waals surface area contributed by atoms with Crippen molar-refractivity contribution in [3.8, 4) is 11.5 Å². The fourth-order valence-corrected chi connectivity index (χ4v) is 3.31. The molecule has 0 aromatic heterocycles. The van der Waals surface area contributed by atoms with Crippen molar-refractivity contribution in [2.75, 3.05) is 24.6 Å². The summed E-state index contributed by atoms with van der Waals surface area (Å²) in [5, 5.41) is 2.68. The number of nitrogens with zero attached hydrogens (tertiary/aromatic N) is 1. The molecule has 0 fully saturated rings. The molecule has 2 aromatic carbocycles. The summed E-state index contributed by atoms with van der Waals surface area (Å²) < 4.78 is 11.2. The van der Waals surface area contributed by atoms with Crippen LogP contribution in [0.4, 0.5) is 5.69 Å². The molecule has 1 atom stereocenters. The van der Waals surface area contributed by atoms with Gasteiger partial charge in [-0.2, -0.15) is 0 Å². The Kier molecular flexibility index (Phi) is 4.48. The number of nitrogens with one attached hydrogen (secondary N) is 1. The van der Waals surface area contributed by atoms with Crippen LogP contribution in [0.1, 0.15) is 12.0 Å². The second-order valence-corrected chi connectivity index (χ2v) is 6.36. The number of anilines is 1. The number of hydrogen-bond acceptors (Lipinski definition) is 4. The molecule has 4 rings (SSSR count). The predicted octanol–water partition coefficient (Wildman–Crippen LogP) is 1.92. The van der Waals surface area contributed by atoms with Gasteiger partial charge < -0.3 is 19.7 Å². The number of carbonyl (C=O) groups excluding carboxylic acids is 2. The van der Waals surface area contributed by atoms with Gasteiger partial charge in [0.05, 0.1) is 6.54 Å². The fraction of sp³-hybridized carbons (Fsp3) is 0.300. The molecule has 2 aliphatic heterocycles. The second-order valence-electron chi connectivity index (χ2n) is 6.36. The summed E-state index contributed by atoms with van der Waals surface area (Å²) in [6, 6.07) is 15.1. The number of para-hydroxylation sites is 3. The van der Waals surface area contributed by atoms with Gasteiger partial charge in [0.2, 0.25) is 12.0 Å². The summed E-state index contributed by atoms with van der Waals surface area (Å²) in [7, 11) is 0. The van der Waals surface area contributed by atoms with Crippen LogP contribution in [-0.4, -0.2) is 37.6 Å². The Morgan fingerprint density at radius 1 is 1.08 bits per heavy atom. The first-order valence-electron chi connectivity index (χ1n) is 8.77. The van der Waals surface area contributed by atoms with Crippen LogP contribution in [0, 0.1) is 0 Å². The van der Waals surface area contributed by atoms with Crippen molar-refractivity contribution in [3.63, 3.8) is 0 Å². The van der Waals surface area contributed by atoms with Gasteiger partial charge in [-0.05, 0) is 36.6 Å². The summed E-state index contributed by atoms with van der Waals surface area (Å²) in [5.41, 5.74) is 2.10. The largest absolute Gasteiger partial charge is 0.485 e. The van der Waals surface area contributed by atoms with Gasteiger partial charge in [-0.3, -0.25) is 9.59 Å². The molecule has 0 aliphatic carbocycles. The summed E-state index contributed by atoms with van der Waals surface area (Å²) >= 11 is 0. The lowest BCUT2D eigenvalue weighted by Crippen LogP contribution is -2.48. The molecule has 2 amide bonds. The van der Waals surface area contributed by atoms with E-state index in [4.69, 9.17) is 9.47 Å². The highest BCUT2D eigenvalue weighted by Crippen LogP contribution is 2.31. The zero-order valence-corrected chi connectivity index (χ0v) is 14.3. The van der Waals surface area contributed by atoms with Crippen molar-refractivity contribution in [2.45, 2.75) is 18.9 Å². The van der Waals surface area contributed by atoms with E-state index < -0.39 is 6.10 Å². The van der Waals surface area contributed by atoms with Gasteiger partial charge in [0, 0.05) is 12.2 Å². The molecule has 0 saturated carbocycles. The van der Waals surface area contributed by atoms with E-state index in [1.54, 1.807) is 17.0 Å². The predicted molar refractivity (Wildman–Crippen MR) is 96.5 cm³/mol. The zero-order chi connectivity index (χ0) is 17.9. The molecule has 134 valence electrons. The Balaban J connectivity index is 1.36. The number of carbonyl (C=O) groups is 2. The fourth-order valence-electron chi connectivity index (χ4n) is 3.31. The normalized spacial score (nSPS) is 18.0.